The molecule has 0 spiro atoms. The molecule has 3 rings (SSSR count). The SMILES string of the molecule is CCc1ccccc1NC(=O)CCN1C(=O)COc2ccc(C(C)=O)cc21. The summed E-state index contributed by atoms with van der Waals surface area (Å²) in [6, 6.07) is 12.6. The fourth-order valence-corrected chi connectivity index (χ4v) is 3.04. The largest absolute Gasteiger partial charge is 0.482 e. The molecule has 6 heteroatoms. The van der Waals surface area contributed by atoms with Gasteiger partial charge in [-0.3, -0.25) is 14.4 Å². The molecule has 1 aliphatic heterocycles. The highest BCUT2D eigenvalue weighted by Gasteiger charge is 2.26. The Morgan fingerprint density at radius 1 is 1.19 bits per heavy atom. The second-order valence-electron chi connectivity index (χ2n) is 6.38. The number of ether oxygens (including phenoxy) is 1. The van der Waals surface area contributed by atoms with Crippen molar-refractivity contribution in [3.63, 3.8) is 0 Å². The van der Waals surface area contributed by atoms with E-state index in [-0.39, 0.29) is 37.2 Å². The standard InChI is InChI=1S/C21H22N2O4/c1-3-15-6-4-5-7-17(15)22-20(25)10-11-23-18-12-16(14(2)24)8-9-19(18)27-13-21(23)26/h4-9,12H,3,10-11,13H2,1-2H3,(H,22,25). The topological polar surface area (TPSA) is 75.7 Å². The van der Waals surface area contributed by atoms with Crippen LogP contribution < -0.4 is 15.0 Å². The Labute approximate surface area is 158 Å². The maximum absolute atomic E-state index is 12.4. The first-order valence-corrected chi connectivity index (χ1v) is 8.95. The number of fused-ring (bicyclic) bond motifs is 1. The first-order chi connectivity index (χ1) is 13.0. The third kappa shape index (κ3) is 4.16. The van der Waals surface area contributed by atoms with Crippen LogP contribution in [0.1, 0.15) is 36.2 Å². The number of nitrogens with zero attached hydrogens (tertiary/aromatic N) is 1. The van der Waals surface area contributed by atoms with Gasteiger partial charge < -0.3 is 15.0 Å². The smallest absolute Gasteiger partial charge is 0.265 e. The molecular weight excluding hydrogens is 344 g/mol. The summed E-state index contributed by atoms with van der Waals surface area (Å²) >= 11 is 0. The van der Waals surface area contributed by atoms with E-state index in [1.165, 1.54) is 11.8 Å². The molecule has 1 aliphatic rings. The van der Waals surface area contributed by atoms with Crippen molar-refractivity contribution in [2.75, 3.05) is 23.4 Å². The Kier molecular flexibility index (Phi) is 5.54. The lowest BCUT2D eigenvalue weighted by molar-refractivity contribution is -0.121. The highest BCUT2D eigenvalue weighted by Crippen LogP contribution is 2.33. The van der Waals surface area contributed by atoms with Crippen molar-refractivity contribution in [1.29, 1.82) is 0 Å². The number of ketones is 1. The van der Waals surface area contributed by atoms with Gasteiger partial charge >= 0.3 is 0 Å². The average Bonchev–Trinajstić information content (AvgIpc) is 2.67. The van der Waals surface area contributed by atoms with Crippen molar-refractivity contribution >= 4 is 29.0 Å². The summed E-state index contributed by atoms with van der Waals surface area (Å²) < 4.78 is 5.43. The van der Waals surface area contributed by atoms with Gasteiger partial charge in [0, 0.05) is 24.2 Å². The molecule has 140 valence electrons. The Morgan fingerprint density at radius 3 is 2.70 bits per heavy atom. The number of rotatable bonds is 6. The predicted molar refractivity (Wildman–Crippen MR) is 103 cm³/mol. The molecule has 0 fully saturated rings. The second kappa shape index (κ2) is 8.03. The van der Waals surface area contributed by atoms with Gasteiger partial charge in [-0.25, -0.2) is 0 Å². The highest BCUT2D eigenvalue weighted by atomic mass is 16.5. The zero-order valence-electron chi connectivity index (χ0n) is 15.5. The van der Waals surface area contributed by atoms with Gasteiger partial charge in [0.15, 0.2) is 12.4 Å². The van der Waals surface area contributed by atoms with Gasteiger partial charge in [0.05, 0.1) is 5.69 Å². The fraction of sp³-hybridized carbons (Fsp3) is 0.286. The van der Waals surface area contributed by atoms with Gasteiger partial charge in [0.25, 0.3) is 5.91 Å². The van der Waals surface area contributed by atoms with Gasteiger partial charge in [-0.1, -0.05) is 25.1 Å². The van der Waals surface area contributed by atoms with Gasteiger partial charge in [-0.05, 0) is 43.2 Å². The van der Waals surface area contributed by atoms with E-state index in [0.717, 1.165) is 17.7 Å². The van der Waals surface area contributed by atoms with Crippen LogP contribution in [0.25, 0.3) is 0 Å². The van der Waals surface area contributed by atoms with Crippen LogP contribution in [0.5, 0.6) is 5.75 Å². The van der Waals surface area contributed by atoms with Crippen LogP contribution in [0.15, 0.2) is 42.5 Å². The van der Waals surface area contributed by atoms with Gasteiger partial charge in [0.1, 0.15) is 5.75 Å². The number of hydrogen-bond acceptors (Lipinski definition) is 4. The number of aryl methyl sites for hydroxylation is 1. The van der Waals surface area contributed by atoms with Gasteiger partial charge in [-0.2, -0.15) is 0 Å². The van der Waals surface area contributed by atoms with Crippen molar-refractivity contribution in [2.24, 2.45) is 0 Å². The minimum absolute atomic E-state index is 0.0767. The second-order valence-corrected chi connectivity index (χ2v) is 6.38. The monoisotopic (exact) mass is 366 g/mol. The minimum Gasteiger partial charge on any atom is -0.482 e. The van der Waals surface area contributed by atoms with Crippen LogP contribution in [0.3, 0.4) is 0 Å². The van der Waals surface area contributed by atoms with E-state index in [2.05, 4.69) is 5.32 Å². The van der Waals surface area contributed by atoms with E-state index in [9.17, 15) is 14.4 Å². The summed E-state index contributed by atoms with van der Waals surface area (Å²) in [5, 5.41) is 2.91. The molecule has 1 N–H and O–H groups in total. The molecule has 0 saturated carbocycles. The molecule has 27 heavy (non-hydrogen) atoms. The molecule has 0 atom stereocenters. The molecule has 0 aliphatic carbocycles. The predicted octanol–water partition coefficient (Wildman–Crippen LogP) is 3.21. The Bertz CT molecular complexity index is 892. The number of anilines is 2. The lowest BCUT2D eigenvalue weighted by atomic mass is 10.1. The zero-order chi connectivity index (χ0) is 19.4. The van der Waals surface area contributed by atoms with Crippen LogP contribution >= 0.6 is 0 Å². The summed E-state index contributed by atoms with van der Waals surface area (Å²) in [5.41, 5.74) is 2.88. The summed E-state index contributed by atoms with van der Waals surface area (Å²) in [5.74, 6) is 0.0467. The lowest BCUT2D eigenvalue weighted by Crippen LogP contribution is -2.40. The molecule has 2 aromatic rings. The van der Waals surface area contributed by atoms with Crippen LogP contribution in [0.2, 0.25) is 0 Å². The van der Waals surface area contributed by atoms with Crippen molar-refractivity contribution in [3.8, 4) is 5.75 Å². The van der Waals surface area contributed by atoms with E-state index in [1.54, 1.807) is 18.2 Å². The molecule has 2 amide bonds. The number of amides is 2. The maximum atomic E-state index is 12.4. The van der Waals surface area contributed by atoms with Gasteiger partial charge in [0.2, 0.25) is 5.91 Å². The van der Waals surface area contributed by atoms with E-state index in [1.807, 2.05) is 31.2 Å². The normalized spacial score (nSPS) is 13.0. The number of para-hydroxylation sites is 1. The number of hydrogen-bond donors (Lipinski definition) is 1. The molecule has 0 bridgehead atoms. The van der Waals surface area contributed by atoms with Crippen LogP contribution in [-0.4, -0.2) is 30.7 Å². The number of Topliss-reactive ketones (excluding diaryl/α,β-unsaturated/α-hetero) is 1. The Morgan fingerprint density at radius 2 is 1.96 bits per heavy atom. The Balaban J connectivity index is 1.72. The van der Waals surface area contributed by atoms with Crippen molar-refractivity contribution < 1.29 is 19.1 Å². The summed E-state index contributed by atoms with van der Waals surface area (Å²) in [6.07, 6.45) is 0.965. The molecular formula is C21H22N2O4. The third-order valence-electron chi connectivity index (χ3n) is 4.54. The molecule has 0 radical (unpaired) electrons. The fourth-order valence-electron chi connectivity index (χ4n) is 3.04. The first-order valence-electron chi connectivity index (χ1n) is 8.95. The Hall–Kier alpha value is -3.15. The first kappa shape index (κ1) is 18.6. The van der Waals surface area contributed by atoms with E-state index in [0.29, 0.717) is 17.0 Å². The molecule has 0 unspecified atom stereocenters. The van der Waals surface area contributed by atoms with Crippen molar-refractivity contribution in [2.45, 2.75) is 26.7 Å². The molecule has 1 heterocycles. The van der Waals surface area contributed by atoms with Crippen molar-refractivity contribution in [3.05, 3.63) is 53.6 Å². The van der Waals surface area contributed by atoms with Crippen LogP contribution in [-0.2, 0) is 16.0 Å². The van der Waals surface area contributed by atoms with E-state index < -0.39 is 0 Å². The maximum Gasteiger partial charge on any atom is 0.265 e. The summed E-state index contributed by atoms with van der Waals surface area (Å²) in [6.45, 7) is 3.64. The van der Waals surface area contributed by atoms with Crippen molar-refractivity contribution in [1.82, 2.24) is 0 Å². The van der Waals surface area contributed by atoms with E-state index >= 15 is 0 Å². The number of carbonyl (C=O) groups is 3. The van der Waals surface area contributed by atoms with E-state index in [4.69, 9.17) is 4.74 Å². The summed E-state index contributed by atoms with van der Waals surface area (Å²) in [4.78, 5) is 37.8. The molecule has 0 aromatic heterocycles. The molecule has 2 aromatic carbocycles. The summed E-state index contributed by atoms with van der Waals surface area (Å²) in [7, 11) is 0. The number of benzene rings is 2. The highest BCUT2D eigenvalue weighted by molar-refractivity contribution is 6.02. The van der Waals surface area contributed by atoms with Gasteiger partial charge in [-0.15, -0.1) is 0 Å². The van der Waals surface area contributed by atoms with Crippen LogP contribution in [0.4, 0.5) is 11.4 Å². The quantitative estimate of drug-likeness (QED) is 0.797. The average molecular weight is 366 g/mol. The zero-order valence-corrected chi connectivity index (χ0v) is 15.5. The molecule has 6 nitrogen and oxygen atoms in total. The minimum atomic E-state index is -0.232. The molecule has 0 saturated heterocycles. The third-order valence-corrected chi connectivity index (χ3v) is 4.54. The van der Waals surface area contributed by atoms with Crippen LogP contribution in [0, 0.1) is 0 Å². The number of carbonyl (C=O) groups excluding carboxylic acids is 3. The number of nitrogens with one attached hydrogen (secondary N) is 1. The lowest BCUT2D eigenvalue weighted by Gasteiger charge is -2.29.